The Hall–Kier alpha value is -1.76. The fourth-order valence-electron chi connectivity index (χ4n) is 0.767. The maximum absolute atomic E-state index is 11.4. The average molecular weight is 177 g/mol. The van der Waals surface area contributed by atoms with Crippen molar-refractivity contribution in [2.75, 3.05) is 0 Å². The molecular formula is C9H11N3O. The molecular weight excluding hydrogens is 166 g/mol. The molecule has 2 N–H and O–H groups in total. The summed E-state index contributed by atoms with van der Waals surface area (Å²) < 4.78 is 0. The van der Waals surface area contributed by atoms with Crippen LogP contribution < -0.4 is 5.32 Å². The number of nitrogens with zero attached hydrogens (tertiary/aromatic N) is 1. The second kappa shape index (κ2) is 3.31. The summed E-state index contributed by atoms with van der Waals surface area (Å²) in [4.78, 5) is 11.4. The quantitative estimate of drug-likeness (QED) is 0.648. The summed E-state index contributed by atoms with van der Waals surface area (Å²) >= 11 is 0. The van der Waals surface area contributed by atoms with Gasteiger partial charge in [0.25, 0.3) is 5.91 Å². The zero-order chi connectivity index (χ0) is 9.90. The van der Waals surface area contributed by atoms with Crippen molar-refractivity contribution < 1.29 is 4.79 Å². The van der Waals surface area contributed by atoms with Crippen LogP contribution in [0.4, 0.5) is 0 Å². The number of amides is 1. The van der Waals surface area contributed by atoms with E-state index in [2.05, 4.69) is 21.4 Å². The number of nitrogens with one attached hydrogen (secondary N) is 2. The summed E-state index contributed by atoms with van der Waals surface area (Å²) in [5.74, 6) is 2.25. The van der Waals surface area contributed by atoms with E-state index in [-0.39, 0.29) is 5.91 Å². The highest BCUT2D eigenvalue weighted by Crippen LogP contribution is 2.02. The Morgan fingerprint density at radius 2 is 2.46 bits per heavy atom. The van der Waals surface area contributed by atoms with E-state index in [1.54, 1.807) is 13.8 Å². The fourth-order valence-corrected chi connectivity index (χ4v) is 0.767. The van der Waals surface area contributed by atoms with E-state index in [1.807, 2.05) is 0 Å². The molecule has 1 amide bonds. The van der Waals surface area contributed by atoms with Crippen LogP contribution in [0, 0.1) is 12.3 Å². The van der Waals surface area contributed by atoms with Crippen LogP contribution in [0.5, 0.6) is 0 Å². The van der Waals surface area contributed by atoms with E-state index in [0.717, 1.165) is 0 Å². The number of hydrogen-bond acceptors (Lipinski definition) is 2. The minimum Gasteiger partial charge on any atom is -0.336 e. The van der Waals surface area contributed by atoms with Crippen molar-refractivity contribution in [3.8, 4) is 12.3 Å². The predicted molar refractivity (Wildman–Crippen MR) is 49.0 cm³/mol. The first kappa shape index (κ1) is 9.33. The number of carbonyl (C=O) groups is 1. The Kier molecular flexibility index (Phi) is 2.38. The van der Waals surface area contributed by atoms with E-state index < -0.39 is 5.54 Å². The lowest BCUT2D eigenvalue weighted by Gasteiger charge is -2.18. The highest BCUT2D eigenvalue weighted by molar-refractivity contribution is 5.94. The monoisotopic (exact) mass is 177 g/mol. The summed E-state index contributed by atoms with van der Waals surface area (Å²) in [6.07, 6.45) is 8.18. The molecule has 1 aromatic rings. The van der Waals surface area contributed by atoms with E-state index in [9.17, 15) is 4.79 Å². The fraction of sp³-hybridized carbons (Fsp3) is 0.333. The standard InChI is InChI=1S/C9H11N3O/c1-4-9(2,3)12-8(13)7-5-10-11-6-7/h1,5-6H,2-3H3,(H,10,11)(H,12,13). The normalized spacial score (nSPS) is 10.5. The maximum atomic E-state index is 11.4. The first-order valence-corrected chi connectivity index (χ1v) is 3.84. The van der Waals surface area contributed by atoms with Crippen LogP contribution in [0.2, 0.25) is 0 Å². The van der Waals surface area contributed by atoms with Gasteiger partial charge in [-0.3, -0.25) is 9.89 Å². The van der Waals surface area contributed by atoms with Crippen LogP contribution in [0.3, 0.4) is 0 Å². The van der Waals surface area contributed by atoms with Crippen LogP contribution in [0.25, 0.3) is 0 Å². The van der Waals surface area contributed by atoms with Crippen molar-refractivity contribution >= 4 is 5.91 Å². The van der Waals surface area contributed by atoms with Crippen molar-refractivity contribution in [2.24, 2.45) is 0 Å². The van der Waals surface area contributed by atoms with Gasteiger partial charge in [0.1, 0.15) is 0 Å². The third-order valence-electron chi connectivity index (χ3n) is 1.55. The van der Waals surface area contributed by atoms with Crippen molar-refractivity contribution in [3.05, 3.63) is 18.0 Å². The summed E-state index contributed by atoms with van der Waals surface area (Å²) in [6, 6.07) is 0. The molecule has 1 heterocycles. The second-order valence-electron chi connectivity index (χ2n) is 3.21. The second-order valence-corrected chi connectivity index (χ2v) is 3.21. The molecule has 0 saturated carbocycles. The number of aromatic amines is 1. The summed E-state index contributed by atoms with van der Waals surface area (Å²) in [5, 5.41) is 8.89. The molecule has 0 fully saturated rings. The number of aromatic nitrogens is 2. The molecule has 0 atom stereocenters. The van der Waals surface area contributed by atoms with Gasteiger partial charge in [0.15, 0.2) is 0 Å². The highest BCUT2D eigenvalue weighted by Gasteiger charge is 2.18. The molecule has 0 aliphatic heterocycles. The van der Waals surface area contributed by atoms with Gasteiger partial charge in [0, 0.05) is 6.20 Å². The molecule has 1 rings (SSSR count). The van der Waals surface area contributed by atoms with E-state index in [0.29, 0.717) is 5.56 Å². The van der Waals surface area contributed by atoms with Crippen LogP contribution in [0.15, 0.2) is 12.4 Å². The van der Waals surface area contributed by atoms with Crippen molar-refractivity contribution in [3.63, 3.8) is 0 Å². The number of H-pyrrole nitrogens is 1. The zero-order valence-electron chi connectivity index (χ0n) is 7.59. The lowest BCUT2D eigenvalue weighted by molar-refractivity contribution is 0.0930. The minimum absolute atomic E-state index is 0.225. The Bertz CT molecular complexity index is 332. The molecule has 1 aromatic heterocycles. The first-order chi connectivity index (χ1) is 6.05. The summed E-state index contributed by atoms with van der Waals surface area (Å²) in [6.45, 7) is 3.51. The predicted octanol–water partition coefficient (Wildman–Crippen LogP) is 0.551. The molecule has 68 valence electrons. The molecule has 0 aliphatic carbocycles. The van der Waals surface area contributed by atoms with E-state index in [4.69, 9.17) is 6.42 Å². The van der Waals surface area contributed by atoms with Gasteiger partial charge in [0.05, 0.1) is 17.3 Å². The van der Waals surface area contributed by atoms with Crippen LogP contribution >= 0.6 is 0 Å². The minimum atomic E-state index is -0.631. The first-order valence-electron chi connectivity index (χ1n) is 3.84. The molecule has 0 aliphatic rings. The Morgan fingerprint density at radius 1 is 1.77 bits per heavy atom. The maximum Gasteiger partial charge on any atom is 0.255 e. The van der Waals surface area contributed by atoms with Crippen molar-refractivity contribution in [1.29, 1.82) is 0 Å². The number of hydrogen-bond donors (Lipinski definition) is 2. The number of carbonyl (C=O) groups excluding carboxylic acids is 1. The topological polar surface area (TPSA) is 57.8 Å². The van der Waals surface area contributed by atoms with Crippen LogP contribution in [0.1, 0.15) is 24.2 Å². The lowest BCUT2D eigenvalue weighted by Crippen LogP contribution is -2.41. The zero-order valence-corrected chi connectivity index (χ0v) is 7.59. The van der Waals surface area contributed by atoms with Gasteiger partial charge in [-0.15, -0.1) is 6.42 Å². The van der Waals surface area contributed by atoms with E-state index in [1.165, 1.54) is 12.4 Å². The molecule has 0 saturated heterocycles. The van der Waals surface area contributed by atoms with Gasteiger partial charge in [-0.1, -0.05) is 5.92 Å². The van der Waals surface area contributed by atoms with Crippen molar-refractivity contribution in [1.82, 2.24) is 15.5 Å². The van der Waals surface area contributed by atoms with Crippen molar-refractivity contribution in [2.45, 2.75) is 19.4 Å². The molecule has 13 heavy (non-hydrogen) atoms. The number of rotatable bonds is 2. The molecule has 0 radical (unpaired) electrons. The SMILES string of the molecule is C#CC(C)(C)NC(=O)c1cn[nH]c1. The van der Waals surface area contributed by atoms with Gasteiger partial charge >= 0.3 is 0 Å². The molecule has 0 bridgehead atoms. The van der Waals surface area contributed by atoms with Gasteiger partial charge < -0.3 is 5.32 Å². The lowest BCUT2D eigenvalue weighted by atomic mass is 10.1. The number of terminal acetylenes is 1. The Balaban J connectivity index is 2.68. The van der Waals surface area contributed by atoms with Crippen LogP contribution in [-0.2, 0) is 0 Å². The third-order valence-corrected chi connectivity index (χ3v) is 1.55. The Morgan fingerprint density at radius 3 is 2.92 bits per heavy atom. The highest BCUT2D eigenvalue weighted by atomic mass is 16.1. The molecule has 0 unspecified atom stereocenters. The van der Waals surface area contributed by atoms with Gasteiger partial charge in [-0.2, -0.15) is 5.10 Å². The molecule has 4 heteroatoms. The summed E-state index contributed by atoms with van der Waals surface area (Å²) in [7, 11) is 0. The smallest absolute Gasteiger partial charge is 0.255 e. The third kappa shape index (κ3) is 2.34. The molecule has 0 aromatic carbocycles. The molecule has 4 nitrogen and oxygen atoms in total. The van der Waals surface area contributed by atoms with Gasteiger partial charge in [-0.25, -0.2) is 0 Å². The van der Waals surface area contributed by atoms with Gasteiger partial charge in [0.2, 0.25) is 0 Å². The average Bonchev–Trinajstić information content (AvgIpc) is 2.55. The summed E-state index contributed by atoms with van der Waals surface area (Å²) in [5.41, 5.74) is -0.155. The molecule has 0 spiro atoms. The van der Waals surface area contributed by atoms with Crippen LogP contribution in [-0.4, -0.2) is 21.6 Å². The largest absolute Gasteiger partial charge is 0.336 e. The van der Waals surface area contributed by atoms with E-state index >= 15 is 0 Å². The van der Waals surface area contributed by atoms with Gasteiger partial charge in [-0.05, 0) is 13.8 Å². The Labute approximate surface area is 76.7 Å².